The smallest absolute Gasteiger partial charge is 0.294 e. The highest BCUT2D eigenvalue weighted by atomic mass is 16.9. The SMILES string of the molecule is CC(C)(CNC(=O)CCCCO[N+](=O)[O-])NCC(O)COc1cccc2c1OCC(C#N)=C2. The normalized spacial score (nSPS) is 13.6. The van der Waals surface area contributed by atoms with Crippen LogP contribution in [-0.4, -0.2) is 60.7 Å². The number of unbranched alkanes of at least 4 members (excludes halogenated alkanes) is 1. The van der Waals surface area contributed by atoms with E-state index >= 15 is 0 Å². The number of para-hydroxylation sites is 1. The van der Waals surface area contributed by atoms with E-state index in [-0.39, 0.29) is 38.7 Å². The molecule has 2 rings (SSSR count). The molecule has 1 amide bonds. The van der Waals surface area contributed by atoms with Crippen LogP contribution in [0.25, 0.3) is 6.08 Å². The van der Waals surface area contributed by atoms with Crippen LogP contribution in [0.1, 0.15) is 38.7 Å². The van der Waals surface area contributed by atoms with Gasteiger partial charge in [0, 0.05) is 30.6 Å². The van der Waals surface area contributed by atoms with Gasteiger partial charge in [0.1, 0.15) is 19.3 Å². The van der Waals surface area contributed by atoms with Gasteiger partial charge in [-0.2, -0.15) is 5.26 Å². The van der Waals surface area contributed by atoms with E-state index in [1.165, 1.54) is 0 Å². The van der Waals surface area contributed by atoms with Crippen LogP contribution in [0.15, 0.2) is 23.8 Å². The summed E-state index contributed by atoms with van der Waals surface area (Å²) in [7, 11) is 0. The Bertz CT molecular complexity index is 895. The summed E-state index contributed by atoms with van der Waals surface area (Å²) in [6.07, 6.45) is 2.12. The highest BCUT2D eigenvalue weighted by molar-refractivity contribution is 5.75. The van der Waals surface area contributed by atoms with Gasteiger partial charge in [-0.1, -0.05) is 12.1 Å². The number of rotatable bonds is 14. The Morgan fingerprint density at radius 3 is 2.94 bits per heavy atom. The molecule has 0 radical (unpaired) electrons. The fourth-order valence-corrected chi connectivity index (χ4v) is 2.99. The minimum atomic E-state index is -0.849. The van der Waals surface area contributed by atoms with Crippen molar-refractivity contribution in [2.24, 2.45) is 0 Å². The van der Waals surface area contributed by atoms with Crippen molar-refractivity contribution >= 4 is 12.0 Å². The van der Waals surface area contributed by atoms with Crippen molar-refractivity contribution in [3.8, 4) is 17.6 Å². The molecule has 1 heterocycles. The van der Waals surface area contributed by atoms with Crippen molar-refractivity contribution in [1.82, 2.24) is 10.6 Å². The largest absolute Gasteiger partial charge is 0.487 e. The molecule has 33 heavy (non-hydrogen) atoms. The number of carbonyl (C=O) groups excluding carboxylic acids is 1. The summed E-state index contributed by atoms with van der Waals surface area (Å²) in [5.41, 5.74) is 0.811. The van der Waals surface area contributed by atoms with Gasteiger partial charge in [-0.15, -0.1) is 10.1 Å². The number of nitriles is 1. The average Bonchev–Trinajstić information content (AvgIpc) is 2.79. The van der Waals surface area contributed by atoms with Crippen molar-refractivity contribution in [3.05, 3.63) is 39.4 Å². The molecule has 0 saturated heterocycles. The number of ether oxygens (including phenoxy) is 2. The number of β-amino-alcohol motifs (C(OH)–C–C–N with tert-alkyl or cyclic N) is 1. The number of nitrogens with zero attached hydrogens (tertiary/aromatic N) is 2. The second-order valence-electron chi connectivity index (χ2n) is 8.26. The molecule has 3 N–H and O–H groups in total. The van der Waals surface area contributed by atoms with Crippen LogP contribution < -0.4 is 20.1 Å². The van der Waals surface area contributed by atoms with Crippen molar-refractivity contribution in [3.63, 3.8) is 0 Å². The molecule has 1 aromatic carbocycles. The maximum Gasteiger partial charge on any atom is 0.294 e. The number of aliphatic hydroxyl groups is 1. The van der Waals surface area contributed by atoms with Gasteiger partial charge in [-0.25, -0.2) is 0 Å². The minimum Gasteiger partial charge on any atom is -0.487 e. The number of fused-ring (bicyclic) bond motifs is 1. The Kier molecular flexibility index (Phi) is 9.90. The zero-order valence-electron chi connectivity index (χ0n) is 18.8. The number of nitrogens with one attached hydrogen (secondary N) is 2. The first-order valence-electron chi connectivity index (χ1n) is 10.7. The molecule has 0 fully saturated rings. The predicted octanol–water partition coefficient (Wildman–Crippen LogP) is 1.59. The van der Waals surface area contributed by atoms with E-state index in [0.717, 1.165) is 5.56 Å². The molecular formula is C22H30N4O7. The fourth-order valence-electron chi connectivity index (χ4n) is 2.99. The lowest BCUT2D eigenvalue weighted by atomic mass is 10.1. The Morgan fingerprint density at radius 1 is 1.42 bits per heavy atom. The highest BCUT2D eigenvalue weighted by Crippen LogP contribution is 2.35. The van der Waals surface area contributed by atoms with E-state index in [1.54, 1.807) is 18.2 Å². The fraction of sp³-hybridized carbons (Fsp3) is 0.545. The molecule has 11 nitrogen and oxygen atoms in total. The van der Waals surface area contributed by atoms with Gasteiger partial charge >= 0.3 is 0 Å². The molecule has 1 unspecified atom stereocenters. The standard InChI is InChI=1S/C22H30N4O7/c1-22(2,15-24-20(28)8-3-4-9-33-26(29)30)25-12-18(27)14-31-19-7-5-6-17-10-16(11-23)13-32-21(17)19/h5-7,10,18,25,27H,3-4,8-9,12-15H2,1-2H3,(H,24,28). The number of hydrogen-bond acceptors (Lipinski definition) is 9. The summed E-state index contributed by atoms with van der Waals surface area (Å²) in [6.45, 7) is 4.58. The molecule has 0 spiro atoms. The molecule has 11 heteroatoms. The first kappa shape index (κ1) is 25.9. The van der Waals surface area contributed by atoms with Gasteiger partial charge in [0.15, 0.2) is 11.5 Å². The van der Waals surface area contributed by atoms with E-state index < -0.39 is 16.7 Å². The molecule has 1 aromatic rings. The molecule has 180 valence electrons. The van der Waals surface area contributed by atoms with Crippen LogP contribution in [0.2, 0.25) is 0 Å². The minimum absolute atomic E-state index is 0.0250. The van der Waals surface area contributed by atoms with E-state index in [4.69, 9.17) is 14.7 Å². The maximum atomic E-state index is 11.9. The first-order valence-corrected chi connectivity index (χ1v) is 10.7. The van der Waals surface area contributed by atoms with Crippen molar-refractivity contribution in [1.29, 1.82) is 5.26 Å². The third-order valence-electron chi connectivity index (χ3n) is 4.82. The summed E-state index contributed by atoms with van der Waals surface area (Å²) in [4.78, 5) is 26.2. The molecular weight excluding hydrogens is 432 g/mol. The van der Waals surface area contributed by atoms with Crippen LogP contribution in [0.5, 0.6) is 11.5 Å². The molecule has 0 bridgehead atoms. The zero-order valence-corrected chi connectivity index (χ0v) is 18.8. The molecule has 1 aliphatic rings. The summed E-state index contributed by atoms with van der Waals surface area (Å²) in [6, 6.07) is 7.44. The van der Waals surface area contributed by atoms with E-state index in [9.17, 15) is 20.0 Å². The summed E-state index contributed by atoms with van der Waals surface area (Å²) in [5.74, 6) is 0.886. The second-order valence-corrected chi connectivity index (χ2v) is 8.26. The van der Waals surface area contributed by atoms with Crippen LogP contribution >= 0.6 is 0 Å². The van der Waals surface area contributed by atoms with Gasteiger partial charge in [0.05, 0.1) is 18.2 Å². The number of carbonyl (C=O) groups is 1. The molecule has 1 atom stereocenters. The van der Waals surface area contributed by atoms with Crippen LogP contribution in [0.4, 0.5) is 0 Å². The third kappa shape index (κ3) is 9.34. The summed E-state index contributed by atoms with van der Waals surface area (Å²) in [5, 5.41) is 34.5. The van der Waals surface area contributed by atoms with Gasteiger partial charge < -0.3 is 30.1 Å². The Hall–Kier alpha value is -3.36. The number of aliphatic hydroxyl groups excluding tert-OH is 1. The molecule has 1 aliphatic heterocycles. The molecule has 0 saturated carbocycles. The number of hydrogen-bond donors (Lipinski definition) is 3. The number of benzene rings is 1. The second kappa shape index (κ2) is 12.6. The Balaban J connectivity index is 1.69. The molecule has 0 aromatic heterocycles. The lowest BCUT2D eigenvalue weighted by molar-refractivity contribution is -0.757. The summed E-state index contributed by atoms with van der Waals surface area (Å²) >= 11 is 0. The van der Waals surface area contributed by atoms with Crippen molar-refractivity contribution in [2.75, 3.05) is 32.9 Å². The predicted molar refractivity (Wildman–Crippen MR) is 119 cm³/mol. The monoisotopic (exact) mass is 462 g/mol. The lowest BCUT2D eigenvalue weighted by Crippen LogP contribution is -2.51. The van der Waals surface area contributed by atoms with Gasteiger partial charge in [0.25, 0.3) is 5.09 Å². The van der Waals surface area contributed by atoms with Crippen molar-refractivity contribution < 1.29 is 29.3 Å². The van der Waals surface area contributed by atoms with Gasteiger partial charge in [-0.05, 0) is 38.8 Å². The van der Waals surface area contributed by atoms with Crippen LogP contribution in [0, 0.1) is 21.4 Å². The van der Waals surface area contributed by atoms with Gasteiger partial charge in [0.2, 0.25) is 5.91 Å². The zero-order chi connectivity index (χ0) is 24.3. The lowest BCUT2D eigenvalue weighted by Gasteiger charge is -2.28. The van der Waals surface area contributed by atoms with E-state index in [2.05, 4.69) is 21.5 Å². The molecule has 0 aliphatic carbocycles. The third-order valence-corrected chi connectivity index (χ3v) is 4.82. The van der Waals surface area contributed by atoms with Crippen LogP contribution in [0.3, 0.4) is 0 Å². The van der Waals surface area contributed by atoms with E-state index in [0.29, 0.717) is 36.5 Å². The van der Waals surface area contributed by atoms with Gasteiger partial charge in [-0.3, -0.25) is 4.79 Å². The number of amides is 1. The first-order chi connectivity index (χ1) is 15.7. The Labute approximate surface area is 192 Å². The van der Waals surface area contributed by atoms with Crippen molar-refractivity contribution in [2.45, 2.75) is 44.8 Å². The van der Waals surface area contributed by atoms with Crippen LogP contribution in [-0.2, 0) is 9.63 Å². The summed E-state index contributed by atoms with van der Waals surface area (Å²) < 4.78 is 11.3. The average molecular weight is 463 g/mol. The Morgan fingerprint density at radius 2 is 2.21 bits per heavy atom. The topological polar surface area (TPSA) is 156 Å². The quantitative estimate of drug-likeness (QED) is 0.212. The highest BCUT2D eigenvalue weighted by Gasteiger charge is 2.21. The maximum absolute atomic E-state index is 11.9. The van der Waals surface area contributed by atoms with E-state index in [1.807, 2.05) is 19.9 Å².